The summed E-state index contributed by atoms with van der Waals surface area (Å²) in [5, 5.41) is 0. The number of allylic oxidation sites excluding steroid dienone is 5. The summed E-state index contributed by atoms with van der Waals surface area (Å²) in [6.45, 7) is 14.4. The van der Waals surface area contributed by atoms with Crippen LogP contribution in [-0.4, -0.2) is 29.9 Å². The van der Waals surface area contributed by atoms with Gasteiger partial charge in [0.25, 0.3) is 0 Å². The Morgan fingerprint density at radius 3 is 2.03 bits per heavy atom. The Kier molecular flexibility index (Phi) is 27.8. The number of hydrogen-bond acceptors (Lipinski definition) is 5. The number of carbonyl (C=O) groups is 3. The fraction of sp³-hybridized carbons (Fsp3) is 0.727. The molecule has 0 radical (unpaired) electrons. The third kappa shape index (κ3) is 21.9. The molecule has 0 saturated heterocycles. The van der Waals surface area contributed by atoms with Gasteiger partial charge in [0, 0.05) is 19.3 Å². The minimum atomic E-state index is -0.120. The maximum absolute atomic E-state index is 12.0. The average molecular weight is 535 g/mol. The molecule has 0 saturated carbocycles. The van der Waals surface area contributed by atoms with Crippen LogP contribution in [0.25, 0.3) is 0 Å². The van der Waals surface area contributed by atoms with E-state index in [1.54, 1.807) is 6.08 Å². The minimum Gasteiger partial charge on any atom is -0.462 e. The molecular weight excluding hydrogens is 476 g/mol. The van der Waals surface area contributed by atoms with E-state index in [1.807, 2.05) is 39.0 Å². The van der Waals surface area contributed by atoms with Crippen molar-refractivity contribution in [2.24, 2.45) is 0 Å². The molecule has 0 aliphatic heterocycles. The van der Waals surface area contributed by atoms with Crippen LogP contribution in [0.1, 0.15) is 145 Å². The largest absolute Gasteiger partial charge is 0.462 e. The second-order valence-corrected chi connectivity index (χ2v) is 9.42. The van der Waals surface area contributed by atoms with Gasteiger partial charge in [0.15, 0.2) is 5.78 Å². The maximum atomic E-state index is 12.0. The van der Waals surface area contributed by atoms with Gasteiger partial charge in [0.05, 0.1) is 0 Å². The molecule has 2 unspecified atom stereocenters. The molecule has 1 aliphatic rings. The second-order valence-electron chi connectivity index (χ2n) is 9.42. The molecule has 0 aromatic rings. The van der Waals surface area contributed by atoms with E-state index in [-0.39, 0.29) is 29.9 Å². The Labute approximate surface area is 234 Å². The molecule has 2 atom stereocenters. The van der Waals surface area contributed by atoms with Crippen LogP contribution < -0.4 is 0 Å². The first-order valence-electron chi connectivity index (χ1n) is 15.3. The highest BCUT2D eigenvalue weighted by Crippen LogP contribution is 2.18. The van der Waals surface area contributed by atoms with Gasteiger partial charge >= 0.3 is 11.9 Å². The monoisotopic (exact) mass is 534 g/mol. The first kappa shape index (κ1) is 38.0. The summed E-state index contributed by atoms with van der Waals surface area (Å²) in [5.41, 5.74) is 0.828. The summed E-state index contributed by atoms with van der Waals surface area (Å²) < 4.78 is 10.9. The van der Waals surface area contributed by atoms with E-state index < -0.39 is 0 Å². The Morgan fingerprint density at radius 2 is 1.50 bits per heavy atom. The van der Waals surface area contributed by atoms with Crippen LogP contribution in [0.4, 0.5) is 0 Å². The SMILES string of the molecule is C/C=C\CCCC(=O)OC(C/C=C1\CC=CC1=O)CCCCC.CC.CCCCC(=O)OC(CC)CCC. The Hall–Kier alpha value is -2.17. The fourth-order valence-electron chi connectivity index (χ4n) is 3.82. The van der Waals surface area contributed by atoms with Crippen LogP contribution in [-0.2, 0) is 23.9 Å². The molecule has 0 aromatic carbocycles. The topological polar surface area (TPSA) is 69.7 Å². The molecule has 1 aliphatic carbocycles. The molecule has 1 rings (SSSR count). The van der Waals surface area contributed by atoms with Crippen molar-refractivity contribution in [1.29, 1.82) is 0 Å². The average Bonchev–Trinajstić information content (AvgIpc) is 3.34. The van der Waals surface area contributed by atoms with E-state index in [9.17, 15) is 14.4 Å². The van der Waals surface area contributed by atoms with Gasteiger partial charge < -0.3 is 9.47 Å². The van der Waals surface area contributed by atoms with Crippen LogP contribution in [0.15, 0.2) is 36.0 Å². The van der Waals surface area contributed by atoms with Gasteiger partial charge in [-0.3, -0.25) is 14.4 Å². The summed E-state index contributed by atoms with van der Waals surface area (Å²) in [7, 11) is 0. The maximum Gasteiger partial charge on any atom is 0.306 e. The highest BCUT2D eigenvalue weighted by molar-refractivity contribution is 6.06. The van der Waals surface area contributed by atoms with E-state index >= 15 is 0 Å². The van der Waals surface area contributed by atoms with Crippen LogP contribution in [0, 0.1) is 0 Å². The number of unbranched alkanes of at least 4 members (excludes halogenated alkanes) is 4. The van der Waals surface area contributed by atoms with Gasteiger partial charge in [0.2, 0.25) is 0 Å². The fourth-order valence-corrected chi connectivity index (χ4v) is 3.82. The van der Waals surface area contributed by atoms with Crippen molar-refractivity contribution in [3.63, 3.8) is 0 Å². The first-order chi connectivity index (χ1) is 18.4. The van der Waals surface area contributed by atoms with Crippen LogP contribution in [0.5, 0.6) is 0 Å². The van der Waals surface area contributed by atoms with Crippen LogP contribution in [0.3, 0.4) is 0 Å². The summed E-state index contributed by atoms with van der Waals surface area (Å²) >= 11 is 0. The third-order valence-corrected chi connectivity index (χ3v) is 6.06. The van der Waals surface area contributed by atoms with Crippen LogP contribution in [0.2, 0.25) is 0 Å². The lowest BCUT2D eigenvalue weighted by Gasteiger charge is -2.16. The van der Waals surface area contributed by atoms with Crippen molar-refractivity contribution in [2.75, 3.05) is 0 Å². The smallest absolute Gasteiger partial charge is 0.306 e. The predicted molar refractivity (Wildman–Crippen MR) is 160 cm³/mol. The van der Waals surface area contributed by atoms with Gasteiger partial charge in [-0.1, -0.05) is 91.5 Å². The quantitative estimate of drug-likeness (QED) is 0.0758. The Balaban J connectivity index is 0. The number of esters is 2. The zero-order chi connectivity index (χ0) is 29.0. The lowest BCUT2D eigenvalue weighted by atomic mass is 10.0. The van der Waals surface area contributed by atoms with E-state index in [1.165, 1.54) is 0 Å². The van der Waals surface area contributed by atoms with Gasteiger partial charge in [-0.2, -0.15) is 0 Å². The predicted octanol–water partition coefficient (Wildman–Crippen LogP) is 9.40. The molecule has 220 valence electrons. The van der Waals surface area contributed by atoms with Crippen molar-refractivity contribution in [3.05, 3.63) is 36.0 Å². The first-order valence-corrected chi connectivity index (χ1v) is 15.3. The second kappa shape index (κ2) is 27.9. The standard InChI is InChI=1S/C20H30O3.C11H22O2.C2H6/c1-3-5-7-9-14-20(22)23-18(12-8-6-4-2)16-15-17-11-10-13-19(17)21;1-4-7-9-11(12)13-10(6-3)8-5-2;1-2/h3,5,10,13,15,18H,4,6-9,11-12,14,16H2,1-2H3;10H,4-9H2,1-3H3;1-2H3/b5-3-,17-15+;;. The van der Waals surface area contributed by atoms with E-state index in [0.29, 0.717) is 25.7 Å². The van der Waals surface area contributed by atoms with Crippen molar-refractivity contribution < 1.29 is 23.9 Å². The number of rotatable bonds is 18. The molecule has 0 heterocycles. The van der Waals surface area contributed by atoms with Crippen molar-refractivity contribution in [2.45, 2.75) is 157 Å². The molecule has 0 N–H and O–H groups in total. The van der Waals surface area contributed by atoms with Crippen molar-refractivity contribution in [3.8, 4) is 0 Å². The molecule has 5 nitrogen and oxygen atoms in total. The number of ketones is 1. The summed E-state index contributed by atoms with van der Waals surface area (Å²) in [5.74, 6) is -0.0533. The summed E-state index contributed by atoms with van der Waals surface area (Å²) in [4.78, 5) is 34.8. The van der Waals surface area contributed by atoms with Gasteiger partial charge in [-0.15, -0.1) is 0 Å². The Bertz CT molecular complexity index is 689. The number of hydrogen-bond donors (Lipinski definition) is 0. The lowest BCUT2D eigenvalue weighted by molar-refractivity contribution is -0.150. The van der Waals surface area contributed by atoms with Gasteiger partial charge in [0.1, 0.15) is 12.2 Å². The van der Waals surface area contributed by atoms with Crippen LogP contribution >= 0.6 is 0 Å². The Morgan fingerprint density at radius 1 is 0.868 bits per heavy atom. The molecule has 0 bridgehead atoms. The summed E-state index contributed by atoms with van der Waals surface area (Å²) in [6, 6.07) is 0. The molecule has 5 heteroatoms. The molecular formula is C33H58O5. The van der Waals surface area contributed by atoms with Gasteiger partial charge in [-0.25, -0.2) is 0 Å². The minimum absolute atomic E-state index is 0.0258. The third-order valence-electron chi connectivity index (χ3n) is 6.06. The lowest BCUT2D eigenvalue weighted by Crippen LogP contribution is -2.18. The molecule has 0 spiro atoms. The van der Waals surface area contributed by atoms with Crippen molar-refractivity contribution in [1.82, 2.24) is 0 Å². The zero-order valence-corrected chi connectivity index (χ0v) is 25.7. The van der Waals surface area contributed by atoms with E-state index in [4.69, 9.17) is 9.47 Å². The molecule has 0 amide bonds. The summed E-state index contributed by atoms with van der Waals surface area (Å²) in [6.07, 6.45) is 22.9. The highest BCUT2D eigenvalue weighted by atomic mass is 16.5. The van der Waals surface area contributed by atoms with E-state index in [0.717, 1.165) is 76.2 Å². The van der Waals surface area contributed by atoms with Gasteiger partial charge in [-0.05, 0) is 69.9 Å². The normalized spacial score (nSPS) is 14.9. The molecule has 38 heavy (non-hydrogen) atoms. The number of carbonyl (C=O) groups excluding carboxylic acids is 3. The zero-order valence-electron chi connectivity index (χ0n) is 25.7. The molecule has 0 fully saturated rings. The highest BCUT2D eigenvalue weighted by Gasteiger charge is 2.16. The number of ether oxygens (including phenoxy) is 2. The van der Waals surface area contributed by atoms with E-state index in [2.05, 4.69) is 33.8 Å². The molecule has 0 aromatic heterocycles. The van der Waals surface area contributed by atoms with Crippen molar-refractivity contribution >= 4 is 17.7 Å².